The number of epoxide rings is 1. The van der Waals surface area contributed by atoms with Crippen molar-refractivity contribution in [2.75, 3.05) is 6.61 Å². The molecule has 0 aromatic rings. The normalized spacial score (nSPS) is 44.8. The van der Waals surface area contributed by atoms with Crippen molar-refractivity contribution < 1.29 is 69.0 Å². The number of aliphatic hydroxyl groups is 6. The van der Waals surface area contributed by atoms with Crippen molar-refractivity contribution in [1.29, 1.82) is 0 Å². The Labute approximate surface area is 291 Å². The Bertz CT molecular complexity index is 1240. The quantitative estimate of drug-likeness (QED) is 0.143. The Morgan fingerprint density at radius 1 is 0.960 bits per heavy atom. The average Bonchev–Trinajstić information content (AvgIpc) is 3.76. The summed E-state index contributed by atoms with van der Waals surface area (Å²) in [6.45, 7) is 5.27. The highest BCUT2D eigenvalue weighted by Crippen LogP contribution is 2.39. The smallest absolute Gasteiger partial charge is 0.330 e. The molecular weight excluding hydrogens is 658 g/mol. The molecule has 15 nitrogen and oxygen atoms in total. The van der Waals surface area contributed by atoms with Gasteiger partial charge in [0.05, 0.1) is 48.8 Å². The van der Waals surface area contributed by atoms with Gasteiger partial charge in [-0.2, -0.15) is 0 Å². The molecule has 282 valence electrons. The van der Waals surface area contributed by atoms with Crippen LogP contribution in [-0.2, 0) is 33.3 Å². The first-order valence-corrected chi connectivity index (χ1v) is 16.9. The van der Waals surface area contributed by atoms with Gasteiger partial charge in [-0.15, -0.1) is 0 Å². The molecule has 0 aromatic heterocycles. The lowest BCUT2D eigenvalue weighted by Crippen LogP contribution is -2.61. The summed E-state index contributed by atoms with van der Waals surface area (Å²) in [6.07, 6.45) is 5.25. The monoisotopic (exact) mass is 711 g/mol. The van der Waals surface area contributed by atoms with Crippen LogP contribution >= 0.6 is 0 Å². The van der Waals surface area contributed by atoms with E-state index in [2.05, 4.69) is 0 Å². The van der Waals surface area contributed by atoms with E-state index in [9.17, 15) is 40.2 Å². The first-order chi connectivity index (χ1) is 23.7. The van der Waals surface area contributed by atoms with Gasteiger partial charge in [-0.25, -0.2) is 4.79 Å². The summed E-state index contributed by atoms with van der Waals surface area (Å²) in [5, 5.41) is 71.5. The van der Waals surface area contributed by atoms with Crippen molar-refractivity contribution in [1.82, 2.24) is 0 Å². The van der Waals surface area contributed by atoms with Gasteiger partial charge in [0.25, 0.3) is 0 Å². The van der Waals surface area contributed by atoms with E-state index in [1.807, 2.05) is 6.08 Å². The molecule has 4 rings (SSSR count). The third-order valence-corrected chi connectivity index (χ3v) is 8.58. The van der Waals surface area contributed by atoms with Gasteiger partial charge in [-0.3, -0.25) is 4.79 Å². The molecule has 3 saturated heterocycles. The number of carbonyl (C=O) groups excluding carboxylic acids is 1. The van der Waals surface area contributed by atoms with Crippen LogP contribution in [0.2, 0.25) is 0 Å². The van der Waals surface area contributed by atoms with Crippen LogP contribution in [0.4, 0.5) is 0 Å². The molecule has 0 aromatic carbocycles. The van der Waals surface area contributed by atoms with Crippen molar-refractivity contribution in [3.63, 3.8) is 0 Å². The van der Waals surface area contributed by atoms with Crippen molar-refractivity contribution in [2.24, 2.45) is 11.7 Å². The third kappa shape index (κ3) is 12.8. The molecular formula is C35H53NO14. The highest BCUT2D eigenvalue weighted by atomic mass is 16.7. The number of carbonyl (C=O) groups is 2. The summed E-state index contributed by atoms with van der Waals surface area (Å²) in [4.78, 5) is 24.4. The summed E-state index contributed by atoms with van der Waals surface area (Å²) in [5.41, 5.74) is 5.98. The highest BCUT2D eigenvalue weighted by Gasteiger charge is 2.51. The van der Waals surface area contributed by atoms with Gasteiger partial charge in [0.2, 0.25) is 0 Å². The van der Waals surface area contributed by atoms with Gasteiger partial charge in [0.1, 0.15) is 24.2 Å². The molecule has 50 heavy (non-hydrogen) atoms. The van der Waals surface area contributed by atoms with Gasteiger partial charge < -0.3 is 65.2 Å². The minimum Gasteiger partial charge on any atom is -0.481 e. The minimum atomic E-state index is -2.10. The fourth-order valence-electron chi connectivity index (χ4n) is 6.00. The van der Waals surface area contributed by atoms with Crippen molar-refractivity contribution in [3.8, 4) is 0 Å². The fraction of sp³-hybridized carbons (Fsp3) is 0.657. The first-order valence-electron chi connectivity index (χ1n) is 16.9. The van der Waals surface area contributed by atoms with Gasteiger partial charge in [0, 0.05) is 44.8 Å². The van der Waals surface area contributed by atoms with Crippen LogP contribution < -0.4 is 5.73 Å². The van der Waals surface area contributed by atoms with Gasteiger partial charge in [-0.05, 0) is 26.8 Å². The molecule has 4 aliphatic heterocycles. The molecule has 0 saturated carbocycles. The van der Waals surface area contributed by atoms with Crippen molar-refractivity contribution in [3.05, 3.63) is 60.8 Å². The topological polar surface area (TPSA) is 251 Å². The number of carboxylic acid groups (broad SMARTS) is 1. The number of allylic oxidation sites excluding steroid dienone is 6. The van der Waals surface area contributed by atoms with E-state index in [0.29, 0.717) is 6.42 Å². The van der Waals surface area contributed by atoms with Crippen LogP contribution in [0.5, 0.6) is 0 Å². The minimum absolute atomic E-state index is 0.0789. The average molecular weight is 712 g/mol. The number of cyclic esters (lactones) is 1. The molecule has 4 heterocycles. The van der Waals surface area contributed by atoms with Gasteiger partial charge in [0.15, 0.2) is 12.1 Å². The Morgan fingerprint density at radius 2 is 1.62 bits per heavy atom. The van der Waals surface area contributed by atoms with E-state index in [4.69, 9.17) is 34.5 Å². The standard InChI is InChI=1S/C33H47NO13.C2H6O/c1-18-10-8-6-4-3-5-7-9-11-21(45-32-30(39)28(34)29(38)19(2)44-32)15-25-27(31(40)41)22(36)17-33(42,47-25)16-20(35)14-24-23(46-24)12-13-26(37)43-18;1-2-3/h3-9,11-13,18-25,27-30,32,35-36,38-39,42H,10,14-17,34H2,1-2H3,(H,40,41);3H,2H2,1H3/b4-3+,7-5+,8-6+,11-9+,13-12+;/t18-,19-,20+,21+,22+,23-,24-,25+,27-,28+,29-,30+,32+,33-;/m1./s1. The largest absolute Gasteiger partial charge is 0.481 e. The second kappa shape index (κ2) is 19.7. The highest BCUT2D eigenvalue weighted by molar-refractivity contribution is 5.82. The maximum atomic E-state index is 12.3. The summed E-state index contributed by atoms with van der Waals surface area (Å²) in [5.74, 6) is -5.45. The molecule has 4 aliphatic rings. The number of rotatable bonds is 3. The number of carboxylic acids is 1. The second-order valence-corrected chi connectivity index (χ2v) is 12.9. The van der Waals surface area contributed by atoms with Gasteiger partial charge >= 0.3 is 11.9 Å². The Balaban J connectivity index is 0.00000217. The maximum absolute atomic E-state index is 12.3. The van der Waals surface area contributed by atoms with Crippen LogP contribution in [0.1, 0.15) is 52.9 Å². The number of nitrogens with two attached hydrogens (primary N) is 1. The predicted octanol–water partition coefficient (Wildman–Crippen LogP) is 0.118. The number of aliphatic carboxylic acids is 1. The zero-order chi connectivity index (χ0) is 37.0. The number of fused-ring (bicyclic) bond motifs is 3. The van der Waals surface area contributed by atoms with Crippen LogP contribution in [0.25, 0.3) is 0 Å². The number of aliphatic hydroxyl groups excluding tert-OH is 5. The van der Waals surface area contributed by atoms with Gasteiger partial charge in [-0.1, -0.05) is 48.6 Å². The van der Waals surface area contributed by atoms with Crippen molar-refractivity contribution >= 4 is 11.9 Å². The zero-order valence-corrected chi connectivity index (χ0v) is 28.6. The summed E-state index contributed by atoms with van der Waals surface area (Å²) >= 11 is 0. The fourth-order valence-corrected chi connectivity index (χ4v) is 6.00. The lowest BCUT2D eigenvalue weighted by atomic mass is 9.83. The number of hydrogen-bond donors (Lipinski definition) is 8. The SMILES string of the molecule is CCO.C[C@@H]1C/C=C/C=C/C=C/C=C/[C@H](O[C@@H]2O[C@H](C)[C@@H](O)[C@H](N)[C@@H]2O)C[C@@H]2O[C@](O)(C[C@@H](O)C[C@H]3O[C@@H]3/C=C/C(=O)O1)C[C@H](O)[C@H]2C(=O)O. The predicted molar refractivity (Wildman–Crippen MR) is 178 cm³/mol. The summed E-state index contributed by atoms with van der Waals surface area (Å²) in [6, 6.07) is -1.08. The molecule has 15 heteroatoms. The lowest BCUT2D eigenvalue weighted by molar-refractivity contribution is -0.308. The molecule has 0 aliphatic carbocycles. The second-order valence-electron chi connectivity index (χ2n) is 12.9. The van der Waals surface area contributed by atoms with Crippen LogP contribution in [0.15, 0.2) is 60.8 Å². The summed E-state index contributed by atoms with van der Waals surface area (Å²) in [7, 11) is 0. The van der Waals surface area contributed by atoms with Crippen LogP contribution in [0, 0.1) is 5.92 Å². The first kappa shape index (κ1) is 41.6. The van der Waals surface area contributed by atoms with E-state index >= 15 is 0 Å². The molecule has 3 fully saturated rings. The molecule has 0 spiro atoms. The lowest BCUT2D eigenvalue weighted by Gasteiger charge is -2.45. The Kier molecular flexibility index (Phi) is 16.4. The Hall–Kier alpha value is -2.80. The molecule has 14 atom stereocenters. The number of esters is 1. The molecule has 2 bridgehead atoms. The van der Waals surface area contributed by atoms with E-state index in [-0.39, 0.29) is 32.0 Å². The summed E-state index contributed by atoms with van der Waals surface area (Å²) < 4.78 is 28.5. The number of ether oxygens (including phenoxy) is 5. The number of hydrogen-bond acceptors (Lipinski definition) is 14. The zero-order valence-electron chi connectivity index (χ0n) is 28.6. The molecule has 9 N–H and O–H groups in total. The van der Waals surface area contributed by atoms with E-state index in [1.165, 1.54) is 12.2 Å². The van der Waals surface area contributed by atoms with Crippen molar-refractivity contribution in [2.45, 2.75) is 132 Å². The van der Waals surface area contributed by atoms with E-state index < -0.39 is 97.3 Å². The van der Waals surface area contributed by atoms with E-state index in [1.54, 1.807) is 63.3 Å². The molecule has 0 unspecified atom stereocenters. The molecule has 0 radical (unpaired) electrons. The van der Waals surface area contributed by atoms with Crippen LogP contribution in [0.3, 0.4) is 0 Å². The van der Waals surface area contributed by atoms with Crippen LogP contribution in [-0.4, -0.2) is 133 Å². The van der Waals surface area contributed by atoms with E-state index in [0.717, 1.165) is 0 Å². The Morgan fingerprint density at radius 3 is 2.30 bits per heavy atom. The maximum Gasteiger partial charge on any atom is 0.330 e. The molecule has 0 amide bonds. The third-order valence-electron chi connectivity index (χ3n) is 8.58.